The van der Waals surface area contributed by atoms with Crippen LogP contribution in [0.2, 0.25) is 0 Å². The predicted molar refractivity (Wildman–Crippen MR) is 67.4 cm³/mol. The zero-order chi connectivity index (χ0) is 13.0. The minimum absolute atomic E-state index is 0. The number of hydrogen-bond donors (Lipinski definition) is 0. The lowest BCUT2D eigenvalue weighted by molar-refractivity contribution is -0.685. The molecule has 0 bridgehead atoms. The molecule has 0 aliphatic carbocycles. The maximum atomic E-state index is 12.1. The molecule has 0 fully saturated rings. The van der Waals surface area contributed by atoms with Gasteiger partial charge in [-0.1, -0.05) is 30.3 Å². The van der Waals surface area contributed by atoms with Crippen molar-refractivity contribution in [3.8, 4) is 0 Å². The van der Waals surface area contributed by atoms with Crippen molar-refractivity contribution >= 4 is 11.6 Å². The second-order valence-corrected chi connectivity index (χ2v) is 4.06. The van der Waals surface area contributed by atoms with Crippen molar-refractivity contribution in [3.05, 3.63) is 66.0 Å². The third-order valence-electron chi connectivity index (χ3n) is 2.71. The zero-order valence-corrected chi connectivity index (χ0v) is 12.1. The van der Waals surface area contributed by atoms with Crippen LogP contribution in [-0.2, 0) is 6.54 Å². The van der Waals surface area contributed by atoms with E-state index >= 15 is 0 Å². The van der Waals surface area contributed by atoms with Gasteiger partial charge in [-0.05, 0) is 6.07 Å². The number of benzene rings is 1. The molecule has 0 atom stereocenters. The average Bonchev–Trinajstić information content (AvgIpc) is 2.40. The summed E-state index contributed by atoms with van der Waals surface area (Å²) < 4.78 is 1.68. The Morgan fingerprint density at radius 3 is 2.26 bits per heavy atom. The van der Waals surface area contributed by atoms with E-state index in [1.54, 1.807) is 35.0 Å². The van der Waals surface area contributed by atoms with Crippen LogP contribution in [0.1, 0.15) is 27.8 Å². The van der Waals surface area contributed by atoms with Crippen LogP contribution in [0.25, 0.3) is 0 Å². The van der Waals surface area contributed by atoms with Crippen LogP contribution in [0.4, 0.5) is 0 Å². The van der Waals surface area contributed by atoms with Crippen molar-refractivity contribution in [1.82, 2.24) is 0 Å². The van der Waals surface area contributed by atoms with Crippen LogP contribution in [0.3, 0.4) is 0 Å². The number of aromatic nitrogens is 1. The standard InChI is InChI=1S/C15H14NO2.BrH/c1-12(17)14-9-5-6-10-16(14)11-15(18)13-7-3-2-4-8-13;/h2-10H,11H2,1H3;1H/q+1;/p-1. The van der Waals surface area contributed by atoms with Gasteiger partial charge in [0.15, 0.2) is 6.20 Å². The summed E-state index contributed by atoms with van der Waals surface area (Å²) >= 11 is 0. The predicted octanol–water partition coefficient (Wildman–Crippen LogP) is -0.936. The summed E-state index contributed by atoms with van der Waals surface area (Å²) in [6.45, 7) is 1.68. The lowest BCUT2D eigenvalue weighted by Crippen LogP contribution is -3.00. The highest BCUT2D eigenvalue weighted by Crippen LogP contribution is 2.01. The highest BCUT2D eigenvalue weighted by atomic mass is 79.9. The maximum absolute atomic E-state index is 12.1. The molecule has 0 N–H and O–H groups in total. The molecule has 1 heterocycles. The van der Waals surface area contributed by atoms with Crippen LogP contribution >= 0.6 is 0 Å². The van der Waals surface area contributed by atoms with Crippen molar-refractivity contribution in [2.75, 3.05) is 0 Å². The molecule has 0 unspecified atom stereocenters. The van der Waals surface area contributed by atoms with Gasteiger partial charge in [0.1, 0.15) is 0 Å². The fourth-order valence-electron chi connectivity index (χ4n) is 1.80. The highest BCUT2D eigenvalue weighted by molar-refractivity contribution is 5.95. The second kappa shape index (κ2) is 6.95. The van der Waals surface area contributed by atoms with Crippen LogP contribution in [0, 0.1) is 0 Å². The Morgan fingerprint density at radius 1 is 1.00 bits per heavy atom. The first-order valence-electron chi connectivity index (χ1n) is 5.76. The normalized spacial score (nSPS) is 9.53. The van der Waals surface area contributed by atoms with E-state index < -0.39 is 0 Å². The summed E-state index contributed by atoms with van der Waals surface area (Å²) in [4.78, 5) is 23.5. The number of halogens is 1. The van der Waals surface area contributed by atoms with Crippen molar-refractivity contribution in [2.24, 2.45) is 0 Å². The van der Waals surface area contributed by atoms with Crippen LogP contribution in [0.5, 0.6) is 0 Å². The number of hydrogen-bond acceptors (Lipinski definition) is 2. The molecule has 0 radical (unpaired) electrons. The Labute approximate surface area is 122 Å². The summed E-state index contributed by atoms with van der Waals surface area (Å²) in [5, 5.41) is 0. The molecule has 2 aromatic rings. The molecule has 19 heavy (non-hydrogen) atoms. The van der Waals surface area contributed by atoms with Gasteiger partial charge < -0.3 is 17.0 Å². The van der Waals surface area contributed by atoms with Gasteiger partial charge in [-0.3, -0.25) is 9.59 Å². The summed E-state index contributed by atoms with van der Waals surface area (Å²) in [5.41, 5.74) is 1.20. The largest absolute Gasteiger partial charge is 1.00 e. The highest BCUT2D eigenvalue weighted by Gasteiger charge is 2.18. The summed E-state index contributed by atoms with van der Waals surface area (Å²) in [5.74, 6) is -0.0502. The van der Waals surface area contributed by atoms with E-state index in [2.05, 4.69) is 0 Å². The van der Waals surface area contributed by atoms with Gasteiger partial charge >= 0.3 is 0 Å². The Morgan fingerprint density at radius 2 is 1.63 bits per heavy atom. The lowest BCUT2D eigenvalue weighted by Gasteiger charge is -2.01. The van der Waals surface area contributed by atoms with Crippen LogP contribution in [-0.4, -0.2) is 11.6 Å². The Hall–Kier alpha value is -1.81. The fourth-order valence-corrected chi connectivity index (χ4v) is 1.80. The SMILES string of the molecule is CC(=O)c1cccc[n+]1CC(=O)c1ccccc1.[Br-]. The number of nitrogens with zero attached hydrogens (tertiary/aromatic N) is 1. The van der Waals surface area contributed by atoms with E-state index in [0.717, 1.165) is 0 Å². The molecule has 0 aliphatic rings. The molecule has 0 spiro atoms. The maximum Gasteiger partial charge on any atom is 0.248 e. The molecular formula is C15H14BrNO2. The molecule has 0 amide bonds. The zero-order valence-electron chi connectivity index (χ0n) is 10.5. The van der Waals surface area contributed by atoms with Crippen LogP contribution in [0.15, 0.2) is 54.7 Å². The monoisotopic (exact) mass is 319 g/mol. The topological polar surface area (TPSA) is 38.0 Å². The minimum Gasteiger partial charge on any atom is -1.00 e. The van der Waals surface area contributed by atoms with E-state index in [4.69, 9.17) is 0 Å². The van der Waals surface area contributed by atoms with E-state index in [0.29, 0.717) is 11.3 Å². The smallest absolute Gasteiger partial charge is 0.248 e. The van der Waals surface area contributed by atoms with E-state index in [1.165, 1.54) is 6.92 Å². The first-order valence-corrected chi connectivity index (χ1v) is 5.76. The lowest BCUT2D eigenvalue weighted by atomic mass is 10.1. The van der Waals surface area contributed by atoms with Crippen molar-refractivity contribution in [1.29, 1.82) is 0 Å². The number of carbonyl (C=O) groups is 2. The number of ketones is 2. The Balaban J connectivity index is 0.00000180. The molecule has 0 saturated carbocycles. The molecule has 0 aliphatic heterocycles. The van der Waals surface area contributed by atoms with Gasteiger partial charge in [-0.25, -0.2) is 0 Å². The summed E-state index contributed by atoms with van der Waals surface area (Å²) in [7, 11) is 0. The molecule has 4 heteroatoms. The fraction of sp³-hybridized carbons (Fsp3) is 0.133. The minimum atomic E-state index is -0.0449. The first kappa shape index (κ1) is 15.2. The number of pyridine rings is 1. The molecule has 3 nitrogen and oxygen atoms in total. The Kier molecular flexibility index (Phi) is 5.57. The van der Waals surface area contributed by atoms with Gasteiger partial charge in [0.2, 0.25) is 23.8 Å². The van der Waals surface area contributed by atoms with Gasteiger partial charge in [0, 0.05) is 24.6 Å². The van der Waals surface area contributed by atoms with Crippen molar-refractivity contribution in [2.45, 2.75) is 13.5 Å². The molecular weight excluding hydrogens is 306 g/mol. The first-order chi connectivity index (χ1) is 8.68. The Bertz CT molecular complexity index is 582. The summed E-state index contributed by atoms with van der Waals surface area (Å²) in [6, 6.07) is 14.4. The molecule has 1 aromatic heterocycles. The number of rotatable bonds is 4. The third-order valence-corrected chi connectivity index (χ3v) is 2.71. The molecule has 1 aromatic carbocycles. The third kappa shape index (κ3) is 3.83. The molecule has 2 rings (SSSR count). The average molecular weight is 320 g/mol. The van der Waals surface area contributed by atoms with E-state index in [9.17, 15) is 9.59 Å². The van der Waals surface area contributed by atoms with Gasteiger partial charge in [0.25, 0.3) is 0 Å². The number of carbonyl (C=O) groups excluding carboxylic acids is 2. The van der Waals surface area contributed by atoms with E-state index in [1.807, 2.05) is 24.3 Å². The van der Waals surface area contributed by atoms with E-state index in [-0.39, 0.29) is 35.1 Å². The quantitative estimate of drug-likeness (QED) is 0.539. The van der Waals surface area contributed by atoms with Gasteiger partial charge in [0.05, 0.1) is 0 Å². The van der Waals surface area contributed by atoms with Crippen molar-refractivity contribution in [3.63, 3.8) is 0 Å². The van der Waals surface area contributed by atoms with Gasteiger partial charge in [-0.2, -0.15) is 4.57 Å². The number of Topliss-reactive ketones (excluding diaryl/α,β-unsaturated/α-hetero) is 2. The summed E-state index contributed by atoms with van der Waals surface area (Å²) in [6.07, 6.45) is 1.75. The van der Waals surface area contributed by atoms with Gasteiger partial charge in [-0.15, -0.1) is 0 Å². The van der Waals surface area contributed by atoms with Crippen LogP contribution < -0.4 is 21.5 Å². The molecule has 98 valence electrons. The second-order valence-electron chi connectivity index (χ2n) is 4.06. The van der Waals surface area contributed by atoms with Crippen molar-refractivity contribution < 1.29 is 31.1 Å². The molecule has 0 saturated heterocycles.